The lowest BCUT2D eigenvalue weighted by molar-refractivity contribution is -0.127. The van der Waals surface area contributed by atoms with Gasteiger partial charge in [-0.3, -0.25) is 4.79 Å². The lowest BCUT2D eigenvalue weighted by Gasteiger charge is -2.21. The second-order valence-electron chi connectivity index (χ2n) is 3.88. The SMILES string of the molecule is C=C(CO)C(=O)N(CC)CCc1ccccc1. The zero-order valence-corrected chi connectivity index (χ0v) is 10.2. The van der Waals surface area contributed by atoms with Gasteiger partial charge in [-0.2, -0.15) is 0 Å². The van der Waals surface area contributed by atoms with Gasteiger partial charge in [0.1, 0.15) is 0 Å². The van der Waals surface area contributed by atoms with Gasteiger partial charge in [-0.05, 0) is 18.9 Å². The van der Waals surface area contributed by atoms with E-state index < -0.39 is 0 Å². The third kappa shape index (κ3) is 4.04. The highest BCUT2D eigenvalue weighted by Gasteiger charge is 2.13. The first-order valence-electron chi connectivity index (χ1n) is 5.80. The summed E-state index contributed by atoms with van der Waals surface area (Å²) in [5, 5.41) is 8.89. The van der Waals surface area contributed by atoms with Crippen molar-refractivity contribution in [2.24, 2.45) is 0 Å². The summed E-state index contributed by atoms with van der Waals surface area (Å²) in [6.45, 7) is 6.48. The van der Waals surface area contributed by atoms with E-state index in [4.69, 9.17) is 5.11 Å². The second-order valence-corrected chi connectivity index (χ2v) is 3.88. The molecule has 0 saturated heterocycles. The summed E-state index contributed by atoms with van der Waals surface area (Å²) in [5.41, 5.74) is 1.45. The Morgan fingerprint density at radius 1 is 1.35 bits per heavy atom. The number of carbonyl (C=O) groups is 1. The number of hydrogen-bond acceptors (Lipinski definition) is 2. The summed E-state index contributed by atoms with van der Waals surface area (Å²) in [5.74, 6) is -0.161. The molecule has 0 radical (unpaired) electrons. The molecule has 17 heavy (non-hydrogen) atoms. The Balaban J connectivity index is 2.53. The number of likely N-dealkylation sites (N-methyl/N-ethyl adjacent to an activating group) is 1. The average Bonchev–Trinajstić information content (AvgIpc) is 2.39. The van der Waals surface area contributed by atoms with Crippen LogP contribution < -0.4 is 0 Å². The molecule has 1 rings (SSSR count). The van der Waals surface area contributed by atoms with Gasteiger partial charge >= 0.3 is 0 Å². The Labute approximate surface area is 102 Å². The lowest BCUT2D eigenvalue weighted by Crippen LogP contribution is -2.34. The Hall–Kier alpha value is -1.61. The van der Waals surface area contributed by atoms with E-state index in [9.17, 15) is 4.79 Å². The number of hydrogen-bond donors (Lipinski definition) is 1. The summed E-state index contributed by atoms with van der Waals surface area (Å²) in [6, 6.07) is 10.0. The maximum atomic E-state index is 11.8. The van der Waals surface area contributed by atoms with E-state index >= 15 is 0 Å². The number of aliphatic hydroxyl groups is 1. The molecule has 0 aliphatic carbocycles. The molecule has 3 heteroatoms. The largest absolute Gasteiger partial charge is 0.391 e. The van der Waals surface area contributed by atoms with E-state index in [0.717, 1.165) is 6.42 Å². The van der Waals surface area contributed by atoms with Crippen LogP contribution in [-0.4, -0.2) is 35.6 Å². The van der Waals surface area contributed by atoms with Crippen LogP contribution in [0.3, 0.4) is 0 Å². The van der Waals surface area contributed by atoms with Crippen molar-refractivity contribution < 1.29 is 9.90 Å². The van der Waals surface area contributed by atoms with Gasteiger partial charge in [0.15, 0.2) is 0 Å². The predicted molar refractivity (Wildman–Crippen MR) is 68.6 cm³/mol. The Kier molecular flexibility index (Phi) is 5.43. The molecule has 1 aromatic rings. The van der Waals surface area contributed by atoms with Crippen molar-refractivity contribution in [3.63, 3.8) is 0 Å². The van der Waals surface area contributed by atoms with Gasteiger partial charge in [-0.25, -0.2) is 0 Å². The zero-order chi connectivity index (χ0) is 12.7. The number of aliphatic hydroxyl groups excluding tert-OH is 1. The summed E-state index contributed by atoms with van der Waals surface area (Å²) >= 11 is 0. The van der Waals surface area contributed by atoms with Crippen LogP contribution in [0.4, 0.5) is 0 Å². The molecule has 0 aliphatic heterocycles. The van der Waals surface area contributed by atoms with Crippen LogP contribution in [-0.2, 0) is 11.2 Å². The van der Waals surface area contributed by atoms with E-state index in [0.29, 0.717) is 13.1 Å². The number of nitrogens with zero attached hydrogens (tertiary/aromatic N) is 1. The Morgan fingerprint density at radius 2 is 2.00 bits per heavy atom. The standard InChI is InChI=1S/C14H19NO2/c1-3-15(14(17)12(2)11-16)10-9-13-7-5-4-6-8-13/h4-8,16H,2-3,9-11H2,1H3. The molecule has 0 unspecified atom stereocenters. The fraction of sp³-hybridized carbons (Fsp3) is 0.357. The van der Waals surface area contributed by atoms with Crippen LogP contribution >= 0.6 is 0 Å². The van der Waals surface area contributed by atoms with Gasteiger partial charge < -0.3 is 10.0 Å². The molecule has 0 atom stereocenters. The Morgan fingerprint density at radius 3 is 2.53 bits per heavy atom. The minimum Gasteiger partial charge on any atom is -0.391 e. The van der Waals surface area contributed by atoms with Gasteiger partial charge in [0.05, 0.1) is 6.61 Å². The molecule has 0 aromatic heterocycles. The van der Waals surface area contributed by atoms with Crippen molar-refractivity contribution in [1.29, 1.82) is 0 Å². The van der Waals surface area contributed by atoms with Gasteiger partial charge in [-0.15, -0.1) is 0 Å². The van der Waals surface area contributed by atoms with Crippen molar-refractivity contribution in [3.8, 4) is 0 Å². The highest BCUT2D eigenvalue weighted by molar-refractivity contribution is 5.93. The summed E-state index contributed by atoms with van der Waals surface area (Å²) in [4.78, 5) is 13.5. The molecule has 0 bridgehead atoms. The summed E-state index contributed by atoms with van der Waals surface area (Å²) in [7, 11) is 0. The van der Waals surface area contributed by atoms with Crippen LogP contribution in [0.1, 0.15) is 12.5 Å². The van der Waals surface area contributed by atoms with Crippen molar-refractivity contribution in [1.82, 2.24) is 4.90 Å². The first kappa shape index (κ1) is 13.5. The van der Waals surface area contributed by atoms with Gasteiger partial charge in [0, 0.05) is 18.7 Å². The second kappa shape index (κ2) is 6.86. The lowest BCUT2D eigenvalue weighted by atomic mass is 10.1. The van der Waals surface area contributed by atoms with E-state index in [2.05, 4.69) is 6.58 Å². The fourth-order valence-electron chi connectivity index (χ4n) is 1.60. The van der Waals surface area contributed by atoms with Gasteiger partial charge in [-0.1, -0.05) is 36.9 Å². The minimum absolute atomic E-state index is 0.161. The van der Waals surface area contributed by atoms with Crippen molar-refractivity contribution in [2.75, 3.05) is 19.7 Å². The maximum Gasteiger partial charge on any atom is 0.251 e. The van der Waals surface area contributed by atoms with E-state index in [1.807, 2.05) is 37.3 Å². The molecule has 1 N–H and O–H groups in total. The molecule has 92 valence electrons. The highest BCUT2D eigenvalue weighted by Crippen LogP contribution is 2.04. The highest BCUT2D eigenvalue weighted by atomic mass is 16.3. The van der Waals surface area contributed by atoms with Crippen LogP contribution in [0.2, 0.25) is 0 Å². The smallest absolute Gasteiger partial charge is 0.251 e. The number of amides is 1. The van der Waals surface area contributed by atoms with Crippen LogP contribution in [0.15, 0.2) is 42.5 Å². The average molecular weight is 233 g/mol. The molecular formula is C14H19NO2. The molecule has 0 heterocycles. The maximum absolute atomic E-state index is 11.8. The number of rotatable bonds is 6. The fourth-order valence-corrected chi connectivity index (χ4v) is 1.60. The predicted octanol–water partition coefficient (Wildman–Crippen LogP) is 1.63. The number of carbonyl (C=O) groups excluding carboxylic acids is 1. The molecule has 0 aliphatic rings. The van der Waals surface area contributed by atoms with E-state index in [1.165, 1.54) is 5.56 Å². The normalized spacial score (nSPS) is 10.0. The first-order valence-corrected chi connectivity index (χ1v) is 5.80. The van der Waals surface area contributed by atoms with Crippen LogP contribution in [0, 0.1) is 0 Å². The Bertz CT molecular complexity index is 373. The number of benzene rings is 1. The van der Waals surface area contributed by atoms with Crippen molar-refractivity contribution in [2.45, 2.75) is 13.3 Å². The van der Waals surface area contributed by atoms with E-state index in [-0.39, 0.29) is 18.1 Å². The topological polar surface area (TPSA) is 40.5 Å². The summed E-state index contributed by atoms with van der Waals surface area (Å²) < 4.78 is 0. The summed E-state index contributed by atoms with van der Waals surface area (Å²) in [6.07, 6.45) is 0.819. The third-order valence-electron chi connectivity index (χ3n) is 2.68. The van der Waals surface area contributed by atoms with Crippen molar-refractivity contribution >= 4 is 5.91 Å². The molecule has 0 spiro atoms. The molecule has 1 amide bonds. The monoisotopic (exact) mass is 233 g/mol. The molecule has 3 nitrogen and oxygen atoms in total. The first-order chi connectivity index (χ1) is 8.19. The quantitative estimate of drug-likeness (QED) is 0.759. The molecule has 0 saturated carbocycles. The van der Waals surface area contributed by atoms with Crippen LogP contribution in [0.25, 0.3) is 0 Å². The molecular weight excluding hydrogens is 214 g/mol. The van der Waals surface area contributed by atoms with Crippen LogP contribution in [0.5, 0.6) is 0 Å². The third-order valence-corrected chi connectivity index (χ3v) is 2.68. The zero-order valence-electron chi connectivity index (χ0n) is 10.2. The van der Waals surface area contributed by atoms with Gasteiger partial charge in [0.25, 0.3) is 5.91 Å². The molecule has 1 aromatic carbocycles. The van der Waals surface area contributed by atoms with Gasteiger partial charge in [0.2, 0.25) is 0 Å². The molecule has 0 fully saturated rings. The van der Waals surface area contributed by atoms with Crippen molar-refractivity contribution in [3.05, 3.63) is 48.0 Å². The van der Waals surface area contributed by atoms with E-state index in [1.54, 1.807) is 4.90 Å². The minimum atomic E-state index is -0.277.